The van der Waals surface area contributed by atoms with Crippen LogP contribution in [-0.4, -0.2) is 39.0 Å². The van der Waals surface area contributed by atoms with Gasteiger partial charge in [0.25, 0.3) is 0 Å². The molecule has 0 spiro atoms. The fraction of sp³-hybridized carbons (Fsp3) is 0.538. The van der Waals surface area contributed by atoms with E-state index in [0.717, 1.165) is 25.0 Å². The monoisotopic (exact) mass is 390 g/mol. The van der Waals surface area contributed by atoms with Crippen LogP contribution >= 0.6 is 24.0 Å². The van der Waals surface area contributed by atoms with Crippen molar-refractivity contribution in [3.05, 3.63) is 23.2 Å². The summed E-state index contributed by atoms with van der Waals surface area (Å²) >= 11 is 5.81. The molecular weight excluding hydrogens is 373 g/mol. The van der Waals surface area contributed by atoms with E-state index in [2.05, 4.69) is 4.74 Å². The lowest BCUT2D eigenvalue weighted by Crippen LogP contribution is -2.41. The Morgan fingerprint density at radius 2 is 2.13 bits per heavy atom. The molecule has 1 heterocycles. The van der Waals surface area contributed by atoms with Gasteiger partial charge < -0.3 is 10.5 Å². The quantitative estimate of drug-likeness (QED) is 0.838. The molecule has 2 N–H and O–H groups in total. The van der Waals surface area contributed by atoms with Crippen molar-refractivity contribution in [1.29, 1.82) is 0 Å². The lowest BCUT2D eigenvalue weighted by atomic mass is 10.0. The first-order chi connectivity index (χ1) is 10.3. The number of hydrogen-bond donors (Lipinski definition) is 1. The Hall–Kier alpha value is -0.670. The van der Waals surface area contributed by atoms with Gasteiger partial charge in [-0.1, -0.05) is 11.6 Å². The Labute approximate surface area is 145 Å². The van der Waals surface area contributed by atoms with E-state index in [1.165, 1.54) is 10.4 Å². The lowest BCUT2D eigenvalue weighted by Gasteiger charge is -2.31. The zero-order valence-corrected chi connectivity index (χ0v) is 14.5. The van der Waals surface area contributed by atoms with Crippen LogP contribution in [0.2, 0.25) is 5.02 Å². The van der Waals surface area contributed by atoms with Gasteiger partial charge in [0.1, 0.15) is 5.75 Å². The van der Waals surface area contributed by atoms with Crippen LogP contribution in [0.1, 0.15) is 12.8 Å². The first kappa shape index (κ1) is 20.4. The SMILES string of the molecule is Cl.NCC1CCCN(S(=O)(=O)c2ccc(OC(F)F)c(Cl)c2)C1. The Kier molecular flexibility index (Phi) is 7.47. The standard InChI is InChI=1S/C13H17ClF2N2O3S.ClH/c14-11-6-10(3-4-12(11)21-13(15)16)22(19,20)18-5-1-2-9(7-17)8-18;/h3-4,6,9,13H,1-2,5,7-8,17H2;1H. The highest BCUT2D eigenvalue weighted by molar-refractivity contribution is 7.89. The summed E-state index contributed by atoms with van der Waals surface area (Å²) in [5, 5.41) is -0.172. The van der Waals surface area contributed by atoms with E-state index >= 15 is 0 Å². The maximum absolute atomic E-state index is 12.6. The normalized spacial score (nSPS) is 19.4. The lowest BCUT2D eigenvalue weighted by molar-refractivity contribution is -0.0498. The predicted octanol–water partition coefficient (Wildman–Crippen LogP) is 2.72. The third kappa shape index (κ3) is 4.90. The van der Waals surface area contributed by atoms with Crippen molar-refractivity contribution in [3.8, 4) is 5.75 Å². The number of ether oxygens (including phenoxy) is 1. The Balaban J connectivity index is 0.00000264. The van der Waals surface area contributed by atoms with Gasteiger partial charge in [-0.25, -0.2) is 8.42 Å². The summed E-state index contributed by atoms with van der Waals surface area (Å²) in [6, 6.07) is 3.47. The molecular formula is C13H18Cl2F2N2O3S. The second kappa shape index (κ2) is 8.43. The van der Waals surface area contributed by atoms with Gasteiger partial charge in [0.2, 0.25) is 10.0 Å². The van der Waals surface area contributed by atoms with Gasteiger partial charge in [-0.15, -0.1) is 12.4 Å². The smallest absolute Gasteiger partial charge is 0.387 e. The van der Waals surface area contributed by atoms with Crippen LogP contribution < -0.4 is 10.5 Å². The molecule has 0 aliphatic carbocycles. The molecule has 23 heavy (non-hydrogen) atoms. The van der Waals surface area contributed by atoms with Crippen LogP contribution in [-0.2, 0) is 10.0 Å². The molecule has 1 aliphatic heterocycles. The molecule has 10 heteroatoms. The molecule has 0 aromatic heterocycles. The third-order valence-electron chi connectivity index (χ3n) is 3.57. The van der Waals surface area contributed by atoms with Crippen molar-refractivity contribution in [1.82, 2.24) is 4.31 Å². The zero-order chi connectivity index (χ0) is 16.3. The molecule has 1 unspecified atom stereocenters. The van der Waals surface area contributed by atoms with Gasteiger partial charge >= 0.3 is 6.61 Å². The summed E-state index contributed by atoms with van der Waals surface area (Å²) in [6.07, 6.45) is 1.63. The highest BCUT2D eigenvalue weighted by atomic mass is 35.5. The van der Waals surface area contributed by atoms with E-state index in [1.807, 2.05) is 0 Å². The molecule has 1 fully saturated rings. The van der Waals surface area contributed by atoms with E-state index < -0.39 is 16.6 Å². The molecule has 1 aliphatic rings. The van der Waals surface area contributed by atoms with Crippen LogP contribution in [0, 0.1) is 5.92 Å². The Morgan fingerprint density at radius 1 is 1.43 bits per heavy atom. The molecule has 1 aromatic carbocycles. The van der Waals surface area contributed by atoms with E-state index in [1.54, 1.807) is 0 Å². The number of rotatable bonds is 5. The van der Waals surface area contributed by atoms with Gasteiger partial charge in [-0.3, -0.25) is 0 Å². The average Bonchev–Trinajstić information content (AvgIpc) is 2.49. The second-order valence-electron chi connectivity index (χ2n) is 5.08. The largest absolute Gasteiger partial charge is 0.433 e. The molecule has 0 amide bonds. The first-order valence-electron chi connectivity index (χ1n) is 6.79. The van der Waals surface area contributed by atoms with Crippen LogP contribution in [0.25, 0.3) is 0 Å². The van der Waals surface area contributed by atoms with Crippen molar-refractivity contribution in [2.24, 2.45) is 11.7 Å². The number of piperidine rings is 1. The summed E-state index contributed by atoms with van der Waals surface area (Å²) < 4.78 is 55.1. The highest BCUT2D eigenvalue weighted by Crippen LogP contribution is 2.31. The predicted molar refractivity (Wildman–Crippen MR) is 85.9 cm³/mol. The number of nitrogens with zero attached hydrogens (tertiary/aromatic N) is 1. The Bertz CT molecular complexity index is 632. The first-order valence-corrected chi connectivity index (χ1v) is 8.61. The molecule has 1 aromatic rings. The minimum Gasteiger partial charge on any atom is -0.433 e. The van der Waals surface area contributed by atoms with Crippen LogP contribution in [0.5, 0.6) is 5.75 Å². The Morgan fingerprint density at radius 3 is 2.70 bits per heavy atom. The van der Waals surface area contributed by atoms with Crippen molar-refractivity contribution >= 4 is 34.0 Å². The van der Waals surface area contributed by atoms with E-state index in [9.17, 15) is 17.2 Å². The molecule has 0 radical (unpaired) electrons. The average molecular weight is 391 g/mol. The molecule has 1 saturated heterocycles. The number of hydrogen-bond acceptors (Lipinski definition) is 4. The number of sulfonamides is 1. The zero-order valence-electron chi connectivity index (χ0n) is 12.1. The number of nitrogens with two attached hydrogens (primary N) is 1. The summed E-state index contributed by atoms with van der Waals surface area (Å²) in [5.74, 6) is -0.130. The molecule has 2 rings (SSSR count). The minimum atomic E-state index is -3.72. The van der Waals surface area contributed by atoms with Gasteiger partial charge in [0, 0.05) is 13.1 Å². The van der Waals surface area contributed by atoms with Crippen LogP contribution in [0.4, 0.5) is 8.78 Å². The summed E-state index contributed by atoms with van der Waals surface area (Å²) in [4.78, 5) is -0.0446. The fourth-order valence-electron chi connectivity index (χ4n) is 2.42. The van der Waals surface area contributed by atoms with Crippen molar-refractivity contribution in [2.75, 3.05) is 19.6 Å². The summed E-state index contributed by atoms with van der Waals surface area (Å²) in [5.41, 5.74) is 5.61. The molecule has 5 nitrogen and oxygen atoms in total. The van der Waals surface area contributed by atoms with Crippen LogP contribution in [0.3, 0.4) is 0 Å². The number of benzene rings is 1. The maximum Gasteiger partial charge on any atom is 0.387 e. The molecule has 1 atom stereocenters. The van der Waals surface area contributed by atoms with E-state index in [-0.39, 0.29) is 34.0 Å². The van der Waals surface area contributed by atoms with Gasteiger partial charge in [0.05, 0.1) is 9.92 Å². The topological polar surface area (TPSA) is 72.6 Å². The summed E-state index contributed by atoms with van der Waals surface area (Å²) in [7, 11) is -3.72. The third-order valence-corrected chi connectivity index (χ3v) is 5.73. The van der Waals surface area contributed by atoms with E-state index in [4.69, 9.17) is 17.3 Å². The van der Waals surface area contributed by atoms with Crippen molar-refractivity contribution in [3.63, 3.8) is 0 Å². The number of alkyl halides is 2. The van der Waals surface area contributed by atoms with Crippen LogP contribution in [0.15, 0.2) is 23.1 Å². The minimum absolute atomic E-state index is 0. The van der Waals surface area contributed by atoms with Crippen molar-refractivity contribution in [2.45, 2.75) is 24.3 Å². The summed E-state index contributed by atoms with van der Waals surface area (Å²) in [6.45, 7) is -1.84. The van der Waals surface area contributed by atoms with Gasteiger partial charge in [-0.2, -0.15) is 13.1 Å². The molecule has 0 saturated carbocycles. The van der Waals surface area contributed by atoms with Crippen molar-refractivity contribution < 1.29 is 21.9 Å². The second-order valence-corrected chi connectivity index (χ2v) is 7.42. The molecule has 132 valence electrons. The van der Waals surface area contributed by atoms with Gasteiger partial charge in [0.15, 0.2) is 0 Å². The van der Waals surface area contributed by atoms with E-state index in [0.29, 0.717) is 19.6 Å². The maximum atomic E-state index is 12.6. The fourth-order valence-corrected chi connectivity index (χ4v) is 4.29. The van der Waals surface area contributed by atoms with Gasteiger partial charge in [-0.05, 0) is 43.5 Å². The highest BCUT2D eigenvalue weighted by Gasteiger charge is 2.30. The number of halogens is 4. The molecule has 0 bridgehead atoms.